The number of hydrogen-bond donors (Lipinski definition) is 0. The minimum absolute atomic E-state index is 0.0913. The third-order valence-corrected chi connectivity index (χ3v) is 6.02. The summed E-state index contributed by atoms with van der Waals surface area (Å²) in [4.78, 5) is 0. The van der Waals surface area contributed by atoms with Crippen LogP contribution in [0.5, 0.6) is 5.75 Å². The number of fused-ring (bicyclic) bond motifs is 2. The Morgan fingerprint density at radius 3 is 2.61 bits per heavy atom. The largest absolute Gasteiger partial charge is 0.434 e. The lowest BCUT2D eigenvalue weighted by atomic mass is 9.70. The molecule has 5 heteroatoms. The number of nitrogens with zero attached hydrogens (tertiary/aromatic N) is 2. The summed E-state index contributed by atoms with van der Waals surface area (Å²) in [6, 6.07) is 6.60. The van der Waals surface area contributed by atoms with E-state index in [0.29, 0.717) is 11.5 Å². The third-order valence-electron chi connectivity index (χ3n) is 6.02. The first-order valence-corrected chi connectivity index (χ1v) is 7.99. The molecule has 2 aliphatic rings. The molecule has 1 aromatic carbocycles. The number of alkyl halides is 2. The van der Waals surface area contributed by atoms with Gasteiger partial charge in [-0.15, -0.1) is 0 Å². The van der Waals surface area contributed by atoms with E-state index in [-0.39, 0.29) is 16.6 Å². The highest BCUT2D eigenvalue weighted by atomic mass is 19.3. The lowest BCUT2D eigenvalue weighted by Crippen LogP contribution is -2.32. The lowest BCUT2D eigenvalue weighted by molar-refractivity contribution is -0.0499. The standard InChI is InChI=1S/C18H22F2N2O/c1-17(2)13-8-9-18(17,3)15(10-13)22-21-11-12-6-4-5-7-14(12)23-16(19)20/h4-7,11,13,16H,8-10H2,1-3H3/b21-11-,22-15+/t13-,18-/m1/s1. The molecule has 0 heterocycles. The van der Waals surface area contributed by atoms with E-state index in [4.69, 9.17) is 0 Å². The highest BCUT2D eigenvalue weighted by Crippen LogP contribution is 2.63. The minimum Gasteiger partial charge on any atom is -0.434 e. The van der Waals surface area contributed by atoms with Gasteiger partial charge >= 0.3 is 6.61 Å². The molecule has 2 atom stereocenters. The van der Waals surface area contributed by atoms with E-state index in [9.17, 15) is 8.78 Å². The van der Waals surface area contributed by atoms with Crippen LogP contribution in [0, 0.1) is 16.7 Å². The summed E-state index contributed by atoms with van der Waals surface area (Å²) in [7, 11) is 0. The van der Waals surface area contributed by atoms with Crippen LogP contribution in [0.15, 0.2) is 34.5 Å². The van der Waals surface area contributed by atoms with Gasteiger partial charge in [0.25, 0.3) is 0 Å². The zero-order chi connectivity index (χ0) is 16.7. The molecule has 0 saturated heterocycles. The number of rotatable bonds is 4. The average Bonchev–Trinajstić information content (AvgIpc) is 2.82. The van der Waals surface area contributed by atoms with Crippen LogP contribution in [0.3, 0.4) is 0 Å². The van der Waals surface area contributed by atoms with Gasteiger partial charge < -0.3 is 4.74 Å². The molecular weight excluding hydrogens is 298 g/mol. The molecule has 0 radical (unpaired) electrons. The van der Waals surface area contributed by atoms with Crippen molar-refractivity contribution in [1.29, 1.82) is 0 Å². The Bertz CT molecular complexity index is 654. The van der Waals surface area contributed by atoms with E-state index in [2.05, 4.69) is 35.7 Å². The van der Waals surface area contributed by atoms with E-state index in [0.717, 1.165) is 18.6 Å². The molecule has 3 rings (SSSR count). The quantitative estimate of drug-likeness (QED) is 0.573. The van der Waals surface area contributed by atoms with Crippen molar-refractivity contribution in [2.75, 3.05) is 0 Å². The summed E-state index contributed by atoms with van der Waals surface area (Å²) in [5.74, 6) is 0.779. The first-order chi connectivity index (χ1) is 10.8. The summed E-state index contributed by atoms with van der Waals surface area (Å²) >= 11 is 0. The molecule has 0 amide bonds. The Hall–Kier alpha value is -1.78. The molecule has 2 aliphatic carbocycles. The van der Waals surface area contributed by atoms with Crippen LogP contribution in [-0.2, 0) is 0 Å². The average molecular weight is 320 g/mol. The van der Waals surface area contributed by atoms with E-state index >= 15 is 0 Å². The van der Waals surface area contributed by atoms with Crippen molar-refractivity contribution in [3.63, 3.8) is 0 Å². The Balaban J connectivity index is 1.80. The molecule has 0 unspecified atom stereocenters. The fourth-order valence-corrected chi connectivity index (χ4v) is 4.03. The van der Waals surface area contributed by atoms with Crippen molar-refractivity contribution in [2.24, 2.45) is 27.0 Å². The van der Waals surface area contributed by atoms with E-state index in [1.807, 2.05) is 0 Å². The topological polar surface area (TPSA) is 34.0 Å². The van der Waals surface area contributed by atoms with Crippen LogP contribution in [0.1, 0.15) is 45.6 Å². The minimum atomic E-state index is -2.85. The van der Waals surface area contributed by atoms with Crippen molar-refractivity contribution >= 4 is 11.9 Å². The second-order valence-electron chi connectivity index (χ2n) is 7.20. The summed E-state index contributed by atoms with van der Waals surface area (Å²) in [5, 5.41) is 8.59. The monoisotopic (exact) mass is 320 g/mol. The van der Waals surface area contributed by atoms with Gasteiger partial charge in [-0.2, -0.15) is 19.0 Å². The maximum Gasteiger partial charge on any atom is 0.387 e. The van der Waals surface area contributed by atoms with Gasteiger partial charge in [-0.05, 0) is 42.7 Å². The second kappa shape index (κ2) is 5.69. The molecule has 0 N–H and O–H groups in total. The number of para-hydroxylation sites is 1. The molecule has 2 bridgehead atoms. The molecule has 0 aliphatic heterocycles. The number of benzene rings is 1. The summed E-state index contributed by atoms with van der Waals surface area (Å²) in [6.07, 6.45) is 4.87. The van der Waals surface area contributed by atoms with Crippen molar-refractivity contribution in [3.05, 3.63) is 29.8 Å². The SMILES string of the molecule is CC1(C)[C@@H]2CC[C@]1(C)/C(=N/N=C\c1ccccc1OC(F)F)C2. The Morgan fingerprint density at radius 1 is 1.26 bits per heavy atom. The van der Waals surface area contributed by atoms with Gasteiger partial charge in [0, 0.05) is 16.7 Å². The van der Waals surface area contributed by atoms with Gasteiger partial charge in [0.15, 0.2) is 0 Å². The van der Waals surface area contributed by atoms with Crippen molar-refractivity contribution in [1.82, 2.24) is 0 Å². The third kappa shape index (κ3) is 2.66. The van der Waals surface area contributed by atoms with Gasteiger partial charge in [-0.1, -0.05) is 32.9 Å². The summed E-state index contributed by atoms with van der Waals surface area (Å²) < 4.78 is 29.3. The number of hydrogen-bond acceptors (Lipinski definition) is 3. The molecule has 1 aromatic rings. The molecule has 2 saturated carbocycles. The molecule has 2 fully saturated rings. The van der Waals surface area contributed by atoms with Gasteiger partial charge in [0.2, 0.25) is 0 Å². The maximum atomic E-state index is 12.4. The first-order valence-electron chi connectivity index (χ1n) is 7.99. The van der Waals surface area contributed by atoms with E-state index in [1.54, 1.807) is 18.2 Å². The normalized spacial score (nSPS) is 30.7. The smallest absolute Gasteiger partial charge is 0.387 e. The fourth-order valence-electron chi connectivity index (χ4n) is 4.03. The summed E-state index contributed by atoms with van der Waals surface area (Å²) in [5.41, 5.74) is 1.97. The predicted octanol–water partition coefficient (Wildman–Crippen LogP) is 4.91. The zero-order valence-corrected chi connectivity index (χ0v) is 13.7. The predicted molar refractivity (Wildman–Crippen MR) is 87.3 cm³/mol. The van der Waals surface area contributed by atoms with Crippen LogP contribution in [0.2, 0.25) is 0 Å². The van der Waals surface area contributed by atoms with Crippen LogP contribution in [0.4, 0.5) is 8.78 Å². The zero-order valence-electron chi connectivity index (χ0n) is 13.7. The van der Waals surface area contributed by atoms with Crippen molar-refractivity contribution in [3.8, 4) is 5.75 Å². The molecule has 0 spiro atoms. The summed E-state index contributed by atoms with van der Waals surface area (Å²) in [6.45, 7) is 4.04. The highest BCUT2D eigenvalue weighted by Gasteiger charge is 2.59. The second-order valence-corrected chi connectivity index (χ2v) is 7.20. The Labute approximate surface area is 135 Å². The van der Waals surface area contributed by atoms with Crippen LogP contribution in [-0.4, -0.2) is 18.5 Å². The molecule has 23 heavy (non-hydrogen) atoms. The molecule has 3 nitrogen and oxygen atoms in total. The van der Waals surface area contributed by atoms with Crippen molar-refractivity contribution < 1.29 is 13.5 Å². The number of ether oxygens (including phenoxy) is 1. The fraction of sp³-hybridized carbons (Fsp3) is 0.556. The molecule has 0 aromatic heterocycles. The van der Waals surface area contributed by atoms with E-state index < -0.39 is 6.61 Å². The highest BCUT2D eigenvalue weighted by molar-refractivity contribution is 5.95. The van der Waals surface area contributed by atoms with Crippen LogP contribution < -0.4 is 4.74 Å². The van der Waals surface area contributed by atoms with Crippen LogP contribution in [0.25, 0.3) is 0 Å². The van der Waals surface area contributed by atoms with Gasteiger partial charge in [0.1, 0.15) is 5.75 Å². The Morgan fingerprint density at radius 2 is 2.00 bits per heavy atom. The lowest BCUT2D eigenvalue weighted by Gasteiger charge is -2.34. The number of halogens is 2. The maximum absolute atomic E-state index is 12.4. The van der Waals surface area contributed by atoms with Crippen LogP contribution >= 0.6 is 0 Å². The first kappa shape index (κ1) is 16.1. The van der Waals surface area contributed by atoms with E-state index in [1.165, 1.54) is 18.7 Å². The van der Waals surface area contributed by atoms with Gasteiger partial charge in [0.05, 0.1) is 6.21 Å². The molecule has 124 valence electrons. The van der Waals surface area contributed by atoms with Crippen molar-refractivity contribution in [2.45, 2.75) is 46.6 Å². The molecular formula is C18H22F2N2O. The van der Waals surface area contributed by atoms with Gasteiger partial charge in [-0.3, -0.25) is 0 Å². The Kier molecular flexibility index (Phi) is 3.98. The van der Waals surface area contributed by atoms with Gasteiger partial charge in [-0.25, -0.2) is 0 Å².